The van der Waals surface area contributed by atoms with Gasteiger partial charge in [0.25, 0.3) is 0 Å². The molecule has 0 bridgehead atoms. The molecule has 0 fully saturated rings. The molecule has 0 aliphatic rings. The third kappa shape index (κ3) is 8.78. The van der Waals surface area contributed by atoms with Crippen molar-refractivity contribution in [2.45, 2.75) is 39.9 Å². The van der Waals surface area contributed by atoms with Crippen LogP contribution in [0.15, 0.2) is 60.7 Å². The third-order valence-electron chi connectivity index (χ3n) is 2.90. The highest BCUT2D eigenvalue weighted by Crippen LogP contribution is 2.27. The molecule has 2 rings (SSSR count). The first-order valence-electron chi connectivity index (χ1n) is 7.63. The molecule has 120 valence electrons. The standard InChI is InChI=1S/C14H15O3P.C4H10/c15-18(16-11-13-7-3-1-4-8-13)17-12-14-9-5-2-6-10-14;1-3-4-2/h1-10,18H,11-12H2;3-4H2,1-2H3. The van der Waals surface area contributed by atoms with Gasteiger partial charge in [0.05, 0.1) is 13.2 Å². The van der Waals surface area contributed by atoms with E-state index in [4.69, 9.17) is 9.05 Å². The molecule has 0 unspecified atom stereocenters. The van der Waals surface area contributed by atoms with Crippen LogP contribution in [0.2, 0.25) is 0 Å². The number of hydrogen-bond donors (Lipinski definition) is 0. The van der Waals surface area contributed by atoms with Crippen molar-refractivity contribution < 1.29 is 13.6 Å². The third-order valence-corrected chi connectivity index (χ3v) is 3.66. The van der Waals surface area contributed by atoms with E-state index in [1.807, 2.05) is 60.7 Å². The number of benzene rings is 2. The smallest absolute Gasteiger partial charge is 0.306 e. The second kappa shape index (κ2) is 12.2. The summed E-state index contributed by atoms with van der Waals surface area (Å²) in [5.41, 5.74) is 1.97. The molecule has 0 aliphatic heterocycles. The van der Waals surface area contributed by atoms with Gasteiger partial charge in [0.15, 0.2) is 0 Å². The highest BCUT2D eigenvalue weighted by atomic mass is 31.1. The van der Waals surface area contributed by atoms with Gasteiger partial charge in [0.2, 0.25) is 0 Å². The molecule has 4 heteroatoms. The molecule has 3 nitrogen and oxygen atoms in total. The van der Waals surface area contributed by atoms with E-state index in [-0.39, 0.29) is 0 Å². The van der Waals surface area contributed by atoms with Gasteiger partial charge >= 0.3 is 8.25 Å². The van der Waals surface area contributed by atoms with Crippen LogP contribution in [0, 0.1) is 0 Å². The van der Waals surface area contributed by atoms with Gasteiger partial charge in [-0.05, 0) is 11.1 Å². The molecule has 0 spiro atoms. The fourth-order valence-electron chi connectivity index (χ4n) is 1.47. The Morgan fingerprint density at radius 3 is 1.41 bits per heavy atom. The van der Waals surface area contributed by atoms with Crippen molar-refractivity contribution in [3.63, 3.8) is 0 Å². The van der Waals surface area contributed by atoms with Gasteiger partial charge < -0.3 is 9.05 Å². The van der Waals surface area contributed by atoms with Crippen LogP contribution in [-0.4, -0.2) is 0 Å². The first-order chi connectivity index (χ1) is 10.8. The summed E-state index contributed by atoms with van der Waals surface area (Å²) >= 11 is 0. The summed E-state index contributed by atoms with van der Waals surface area (Å²) in [7, 11) is -2.43. The lowest BCUT2D eigenvalue weighted by atomic mass is 10.2. The Labute approximate surface area is 134 Å². The van der Waals surface area contributed by atoms with E-state index in [1.165, 1.54) is 12.8 Å². The fraction of sp³-hybridized carbons (Fsp3) is 0.333. The van der Waals surface area contributed by atoms with Crippen molar-refractivity contribution in [2.75, 3.05) is 0 Å². The average Bonchev–Trinajstić information content (AvgIpc) is 2.60. The molecule has 0 atom stereocenters. The van der Waals surface area contributed by atoms with Crippen LogP contribution in [0.1, 0.15) is 37.8 Å². The first-order valence-corrected chi connectivity index (χ1v) is 8.86. The Kier molecular flexibility index (Phi) is 10.3. The van der Waals surface area contributed by atoms with E-state index < -0.39 is 8.25 Å². The summed E-state index contributed by atoms with van der Waals surface area (Å²) in [4.78, 5) is 0. The molecule has 0 heterocycles. The van der Waals surface area contributed by atoms with Crippen molar-refractivity contribution >= 4 is 8.25 Å². The van der Waals surface area contributed by atoms with Gasteiger partial charge in [-0.1, -0.05) is 87.4 Å². The lowest BCUT2D eigenvalue weighted by Gasteiger charge is -2.05. The van der Waals surface area contributed by atoms with Gasteiger partial charge in [-0.25, -0.2) is 0 Å². The zero-order valence-electron chi connectivity index (χ0n) is 13.3. The minimum Gasteiger partial charge on any atom is -0.306 e. The summed E-state index contributed by atoms with van der Waals surface area (Å²) in [6, 6.07) is 19.2. The van der Waals surface area contributed by atoms with Crippen LogP contribution in [0.3, 0.4) is 0 Å². The zero-order valence-corrected chi connectivity index (χ0v) is 14.3. The van der Waals surface area contributed by atoms with Crippen LogP contribution in [0.5, 0.6) is 0 Å². The van der Waals surface area contributed by atoms with Crippen LogP contribution < -0.4 is 0 Å². The largest absolute Gasteiger partial charge is 0.319 e. The zero-order chi connectivity index (χ0) is 16.0. The Balaban J connectivity index is 0.000000541. The minimum atomic E-state index is -2.43. The van der Waals surface area contributed by atoms with E-state index >= 15 is 0 Å². The maximum Gasteiger partial charge on any atom is 0.319 e. The highest BCUT2D eigenvalue weighted by molar-refractivity contribution is 7.33. The Morgan fingerprint density at radius 1 is 0.727 bits per heavy atom. The van der Waals surface area contributed by atoms with Gasteiger partial charge in [-0.3, -0.25) is 4.57 Å². The van der Waals surface area contributed by atoms with E-state index in [0.717, 1.165) is 11.1 Å². The average molecular weight is 320 g/mol. The molecule has 22 heavy (non-hydrogen) atoms. The first kappa shape index (κ1) is 18.6. The van der Waals surface area contributed by atoms with E-state index in [1.54, 1.807) is 0 Å². The number of rotatable bonds is 7. The highest BCUT2D eigenvalue weighted by Gasteiger charge is 2.01. The number of unbranched alkanes of at least 4 members (excludes halogenated alkanes) is 1. The van der Waals surface area contributed by atoms with Crippen LogP contribution in [0.4, 0.5) is 0 Å². The van der Waals surface area contributed by atoms with Crippen molar-refractivity contribution in [3.8, 4) is 0 Å². The summed E-state index contributed by atoms with van der Waals surface area (Å²) in [5, 5.41) is 0. The molecular weight excluding hydrogens is 295 g/mol. The van der Waals surface area contributed by atoms with Gasteiger partial charge in [-0.15, -0.1) is 0 Å². The predicted molar refractivity (Wildman–Crippen MR) is 92.0 cm³/mol. The Morgan fingerprint density at radius 2 is 1.09 bits per heavy atom. The van der Waals surface area contributed by atoms with Gasteiger partial charge in [0.1, 0.15) is 0 Å². The summed E-state index contributed by atoms with van der Waals surface area (Å²) in [6.07, 6.45) is 2.64. The summed E-state index contributed by atoms with van der Waals surface area (Å²) in [6.45, 7) is 4.99. The summed E-state index contributed by atoms with van der Waals surface area (Å²) in [5.74, 6) is 0. The van der Waals surface area contributed by atoms with Crippen LogP contribution >= 0.6 is 8.25 Å². The molecule has 0 N–H and O–H groups in total. The van der Waals surface area contributed by atoms with Crippen molar-refractivity contribution in [1.82, 2.24) is 0 Å². The summed E-state index contributed by atoms with van der Waals surface area (Å²) < 4.78 is 21.9. The topological polar surface area (TPSA) is 35.5 Å². The molecule has 2 aromatic carbocycles. The molecule has 0 amide bonds. The molecule has 2 aromatic rings. The minimum absolute atomic E-state index is 0.313. The Bertz CT molecular complexity index is 467. The van der Waals surface area contributed by atoms with Crippen LogP contribution in [0.25, 0.3) is 0 Å². The molecule has 0 saturated heterocycles. The molecule has 0 saturated carbocycles. The van der Waals surface area contributed by atoms with Gasteiger partial charge in [0, 0.05) is 0 Å². The van der Waals surface area contributed by atoms with Gasteiger partial charge in [-0.2, -0.15) is 0 Å². The van der Waals surface area contributed by atoms with E-state index in [9.17, 15) is 4.57 Å². The van der Waals surface area contributed by atoms with Crippen LogP contribution in [-0.2, 0) is 26.8 Å². The normalized spacial score (nSPS) is 10.1. The lowest BCUT2D eigenvalue weighted by molar-refractivity contribution is 0.213. The molecule has 0 radical (unpaired) electrons. The molecule has 0 aliphatic carbocycles. The van der Waals surface area contributed by atoms with E-state index in [2.05, 4.69) is 13.8 Å². The second-order valence-corrected chi connectivity index (χ2v) is 5.88. The fourth-order valence-corrected chi connectivity index (χ4v) is 2.13. The van der Waals surface area contributed by atoms with Crippen molar-refractivity contribution in [2.24, 2.45) is 0 Å². The maximum atomic E-state index is 11.5. The molecule has 0 aromatic heterocycles. The van der Waals surface area contributed by atoms with E-state index in [0.29, 0.717) is 13.2 Å². The molecular formula is C18H25O3P. The number of hydrogen-bond acceptors (Lipinski definition) is 3. The predicted octanol–water partition coefficient (Wildman–Crippen LogP) is 5.62. The Hall–Kier alpha value is -1.41. The van der Waals surface area contributed by atoms with Crippen molar-refractivity contribution in [3.05, 3.63) is 71.8 Å². The monoisotopic (exact) mass is 320 g/mol. The maximum absolute atomic E-state index is 11.5. The van der Waals surface area contributed by atoms with Crippen molar-refractivity contribution in [1.29, 1.82) is 0 Å². The second-order valence-electron chi connectivity index (χ2n) is 4.80. The SMILES string of the molecule is CCCC.O=[PH](OCc1ccccc1)OCc1ccccc1. The quantitative estimate of drug-likeness (QED) is 0.621. The lowest BCUT2D eigenvalue weighted by Crippen LogP contribution is -1.89.